The summed E-state index contributed by atoms with van der Waals surface area (Å²) in [6.07, 6.45) is 1.58. The third-order valence-electron chi connectivity index (χ3n) is 4.59. The van der Waals surface area contributed by atoms with Gasteiger partial charge in [-0.25, -0.2) is 10.1 Å². The van der Waals surface area contributed by atoms with Crippen LogP contribution < -0.4 is 20.9 Å². The minimum Gasteiger partial charge on any atom is -0.509 e. The van der Waals surface area contributed by atoms with Gasteiger partial charge < -0.3 is 25.6 Å². The number of hydrogen-bond acceptors (Lipinski definition) is 11. The van der Waals surface area contributed by atoms with Crippen molar-refractivity contribution in [3.8, 4) is 5.75 Å². The lowest BCUT2D eigenvalue weighted by molar-refractivity contribution is -0.136. The maximum Gasteiger partial charge on any atom is 0.311 e. The maximum atomic E-state index is 12.2. The van der Waals surface area contributed by atoms with Gasteiger partial charge in [0, 0.05) is 19.6 Å². The van der Waals surface area contributed by atoms with Crippen LogP contribution in [0, 0.1) is 5.92 Å². The molecule has 12 nitrogen and oxygen atoms in total. The minimum atomic E-state index is -3.45. The number of esters is 1. The molecule has 3 rings (SSSR count). The molecule has 0 saturated carbocycles. The molecular formula is C19H22N4O8S2. The summed E-state index contributed by atoms with van der Waals surface area (Å²) < 4.78 is 29.8. The summed E-state index contributed by atoms with van der Waals surface area (Å²) in [4.78, 5) is 40.0. The molecule has 0 radical (unpaired) electrons. The van der Waals surface area contributed by atoms with Gasteiger partial charge in [0.2, 0.25) is 16.2 Å². The lowest BCUT2D eigenvalue weighted by Crippen LogP contribution is -2.39. The van der Waals surface area contributed by atoms with Crippen LogP contribution in [0.25, 0.3) is 10.2 Å². The first kappa shape index (κ1) is 24.6. The predicted molar refractivity (Wildman–Crippen MR) is 120 cm³/mol. The Morgan fingerprint density at radius 1 is 1.27 bits per heavy atom. The molecule has 1 aliphatic rings. The van der Waals surface area contributed by atoms with Gasteiger partial charge in [0.1, 0.15) is 17.4 Å². The Morgan fingerprint density at radius 2 is 2.00 bits per heavy atom. The van der Waals surface area contributed by atoms with Crippen LogP contribution in [0.5, 0.6) is 5.75 Å². The van der Waals surface area contributed by atoms with Crippen LogP contribution in [0.4, 0.5) is 0 Å². The number of aliphatic hydroxyl groups excluding tert-OH is 1. The van der Waals surface area contributed by atoms with Gasteiger partial charge >= 0.3 is 5.97 Å². The van der Waals surface area contributed by atoms with E-state index in [9.17, 15) is 28.6 Å². The van der Waals surface area contributed by atoms with Crippen LogP contribution in [-0.4, -0.2) is 50.2 Å². The summed E-state index contributed by atoms with van der Waals surface area (Å²) in [6, 6.07) is 4.49. The lowest BCUT2D eigenvalue weighted by atomic mass is 9.93. The minimum absolute atomic E-state index is 0.0113. The fourth-order valence-corrected chi connectivity index (χ4v) is 4.73. The van der Waals surface area contributed by atoms with Gasteiger partial charge in [-0.15, -0.1) is 0 Å². The fraction of sp³-hybridized carbons (Fsp3) is 0.263. The number of rotatable bonds is 8. The number of nitrogens with zero attached hydrogens (tertiary/aromatic N) is 1. The van der Waals surface area contributed by atoms with Crippen LogP contribution in [0.3, 0.4) is 0 Å². The van der Waals surface area contributed by atoms with Crippen molar-refractivity contribution in [2.45, 2.75) is 23.3 Å². The number of ether oxygens (including phenoxy) is 2. The van der Waals surface area contributed by atoms with Gasteiger partial charge in [0.05, 0.1) is 28.4 Å². The molecule has 14 heteroatoms. The Morgan fingerprint density at radius 3 is 2.64 bits per heavy atom. The van der Waals surface area contributed by atoms with Crippen LogP contribution >= 0.6 is 22.1 Å². The van der Waals surface area contributed by atoms with Crippen LogP contribution in [0.2, 0.25) is 0 Å². The number of nitrogens with two attached hydrogens (primary N) is 2. The molecule has 1 aromatic carbocycles. The number of carbonyl (C=O) groups is 3. The van der Waals surface area contributed by atoms with Crippen molar-refractivity contribution in [1.29, 1.82) is 0 Å². The number of aliphatic hydroxyl groups is 1. The van der Waals surface area contributed by atoms with Crippen molar-refractivity contribution in [3.05, 3.63) is 41.8 Å². The first-order chi connectivity index (χ1) is 15.5. The molecule has 0 bridgehead atoms. The summed E-state index contributed by atoms with van der Waals surface area (Å²) in [5.41, 5.74) is 5.74. The number of primary amides is 1. The highest BCUT2D eigenvalue weighted by Gasteiger charge is 2.33. The van der Waals surface area contributed by atoms with E-state index < -0.39 is 46.3 Å². The normalized spacial score (nSPS) is 18.9. The molecule has 2 atom stereocenters. The van der Waals surface area contributed by atoms with E-state index in [0.29, 0.717) is 10.2 Å². The molecule has 1 aliphatic carbocycles. The van der Waals surface area contributed by atoms with E-state index in [1.54, 1.807) is 0 Å². The molecule has 0 aliphatic heterocycles. The highest BCUT2D eigenvalue weighted by molar-refractivity contribution is 8.23. The number of benzene rings is 1. The van der Waals surface area contributed by atoms with Crippen molar-refractivity contribution in [2.75, 3.05) is 7.11 Å². The molecule has 2 aromatic rings. The van der Waals surface area contributed by atoms with Crippen molar-refractivity contribution in [2.24, 2.45) is 16.8 Å². The van der Waals surface area contributed by atoms with E-state index >= 15 is 0 Å². The number of nitrogens with one attached hydrogen (secondary N) is 1. The zero-order valence-electron chi connectivity index (χ0n) is 17.3. The molecule has 1 heterocycles. The highest BCUT2D eigenvalue weighted by atomic mass is 32.3. The molecule has 33 heavy (non-hydrogen) atoms. The molecule has 1 aromatic heterocycles. The van der Waals surface area contributed by atoms with Gasteiger partial charge in [-0.05, 0) is 18.2 Å². The van der Waals surface area contributed by atoms with Gasteiger partial charge in [-0.3, -0.25) is 23.5 Å². The quantitative estimate of drug-likeness (QED) is 0.228. The van der Waals surface area contributed by atoms with E-state index in [0.717, 1.165) is 11.3 Å². The molecule has 0 fully saturated rings. The largest absolute Gasteiger partial charge is 0.509 e. The lowest BCUT2D eigenvalue weighted by Gasteiger charge is -2.25. The fourth-order valence-electron chi connectivity index (χ4n) is 3.01. The van der Waals surface area contributed by atoms with Gasteiger partial charge in [-0.1, -0.05) is 28.2 Å². The maximum absolute atomic E-state index is 12.2. The number of aromatic nitrogens is 1. The van der Waals surface area contributed by atoms with Gasteiger partial charge in [0.15, 0.2) is 0 Å². The number of amides is 2. The molecule has 0 spiro atoms. The second-order valence-corrected chi connectivity index (χ2v) is 9.82. The van der Waals surface area contributed by atoms with E-state index in [2.05, 4.69) is 10.3 Å². The predicted octanol–water partition coefficient (Wildman–Crippen LogP) is 1.54. The topological polar surface area (TPSA) is 207 Å². The Hall–Kier alpha value is -3.01. The van der Waals surface area contributed by atoms with Crippen molar-refractivity contribution in [1.82, 2.24) is 10.3 Å². The number of fused-ring (bicyclic) bond motifs is 1. The summed E-state index contributed by atoms with van der Waals surface area (Å²) >= 11 is 0.956. The number of thiazole rings is 1. The number of hydrogen-bond donors (Lipinski definition) is 6. The zero-order valence-corrected chi connectivity index (χ0v) is 18.9. The van der Waals surface area contributed by atoms with E-state index in [1.807, 2.05) is 0 Å². The van der Waals surface area contributed by atoms with Crippen molar-refractivity contribution in [3.63, 3.8) is 0 Å². The third-order valence-corrected chi connectivity index (χ3v) is 6.99. The van der Waals surface area contributed by atoms with Crippen LogP contribution in [0.1, 0.15) is 12.8 Å². The smallest absolute Gasteiger partial charge is 0.311 e. The summed E-state index contributed by atoms with van der Waals surface area (Å²) in [5, 5.41) is 18.0. The Bertz CT molecular complexity index is 1150. The summed E-state index contributed by atoms with van der Waals surface area (Å²) in [7, 11) is -2.10. The highest BCUT2D eigenvalue weighted by Crippen LogP contribution is 2.44. The molecular weight excluding hydrogens is 476 g/mol. The summed E-state index contributed by atoms with van der Waals surface area (Å²) in [5.74, 6) is -3.50. The summed E-state index contributed by atoms with van der Waals surface area (Å²) in [6.45, 7) is 0. The standard InChI is InChI=1S/C19H22N4O8S2/c1-30-12-5-4-11(17(26)16(12)18(20)27)22-14(24)6-7-15(25)31-9-2-3-10-13(8-9)32-19(23-10)33(21,28)29/h2-5,8,12,16,26,28-29H,6-7,21H2,1H3,(H2,20,27)(H,22,24). The zero-order chi connectivity index (χ0) is 24.3. The average Bonchev–Trinajstić information content (AvgIpc) is 3.17. The molecule has 0 saturated heterocycles. The van der Waals surface area contributed by atoms with Crippen molar-refractivity contribution < 1.29 is 38.1 Å². The van der Waals surface area contributed by atoms with Crippen molar-refractivity contribution >= 4 is 50.1 Å². The van der Waals surface area contributed by atoms with Crippen LogP contribution in [0.15, 0.2) is 46.1 Å². The molecule has 2 amide bonds. The first-order valence-corrected chi connectivity index (χ1v) is 11.8. The SMILES string of the molecule is COC1C=CC(NC(=O)CCC(=O)Oc2ccc3nc(S(N)(O)O)sc3c2)=C(O)C1C(N)=O. The van der Waals surface area contributed by atoms with E-state index in [-0.39, 0.29) is 28.6 Å². The second-order valence-electron chi connectivity index (χ2n) is 6.96. The van der Waals surface area contributed by atoms with Crippen LogP contribution in [-0.2, 0) is 19.1 Å². The van der Waals surface area contributed by atoms with Gasteiger partial charge in [-0.2, -0.15) is 0 Å². The molecule has 178 valence electrons. The Balaban J connectivity index is 1.57. The Kier molecular flexibility index (Phi) is 7.36. The van der Waals surface area contributed by atoms with E-state index in [1.165, 1.54) is 37.5 Å². The van der Waals surface area contributed by atoms with Gasteiger partial charge in [0.25, 0.3) is 0 Å². The molecule has 8 N–H and O–H groups in total. The second kappa shape index (κ2) is 9.86. The number of allylic oxidation sites excluding steroid dienone is 1. The first-order valence-electron chi connectivity index (χ1n) is 9.40. The number of carbonyl (C=O) groups excluding carboxylic acids is 3. The average molecular weight is 499 g/mol. The van der Waals surface area contributed by atoms with E-state index in [4.69, 9.17) is 20.3 Å². The Labute approximate surface area is 193 Å². The third kappa shape index (κ3) is 5.87. The number of methoxy groups -OCH3 is 1. The molecule has 2 unspecified atom stereocenters. The monoisotopic (exact) mass is 498 g/mol.